The second kappa shape index (κ2) is 10.6. The van der Waals surface area contributed by atoms with E-state index in [4.69, 9.17) is 23.8 Å². The van der Waals surface area contributed by atoms with E-state index in [1.165, 1.54) is 0 Å². The second-order valence-corrected chi connectivity index (χ2v) is 6.84. The summed E-state index contributed by atoms with van der Waals surface area (Å²) in [6.07, 6.45) is 3.55. The van der Waals surface area contributed by atoms with Gasteiger partial charge in [0.25, 0.3) is 5.91 Å². The fourth-order valence-electron chi connectivity index (χ4n) is 2.33. The van der Waals surface area contributed by atoms with Crippen LogP contribution in [0.3, 0.4) is 0 Å². The van der Waals surface area contributed by atoms with Crippen LogP contribution in [0.5, 0.6) is 0 Å². The van der Waals surface area contributed by atoms with Gasteiger partial charge in [0.05, 0.1) is 0 Å². The summed E-state index contributed by atoms with van der Waals surface area (Å²) in [6.45, 7) is 2.10. The lowest BCUT2D eigenvalue weighted by atomic mass is 10.2. The van der Waals surface area contributed by atoms with Crippen LogP contribution in [0, 0.1) is 0 Å². The van der Waals surface area contributed by atoms with E-state index in [-0.39, 0.29) is 16.9 Å². The van der Waals surface area contributed by atoms with Gasteiger partial charge in [0.2, 0.25) is 5.91 Å². The first-order chi connectivity index (χ1) is 13.0. The van der Waals surface area contributed by atoms with Crippen molar-refractivity contribution in [2.75, 3.05) is 10.6 Å². The first-order valence-electron chi connectivity index (χ1n) is 8.75. The highest BCUT2D eigenvalue weighted by atomic mass is 35.5. The normalized spacial score (nSPS) is 10.1. The van der Waals surface area contributed by atoms with Crippen LogP contribution in [0.15, 0.2) is 48.5 Å². The summed E-state index contributed by atoms with van der Waals surface area (Å²) in [5.74, 6) is -0.310. The molecule has 0 fully saturated rings. The molecule has 0 spiro atoms. The molecule has 7 heteroatoms. The summed E-state index contributed by atoms with van der Waals surface area (Å²) in [5.41, 5.74) is 1.89. The fraction of sp³-hybridized carbons (Fsp3) is 0.250. The Bertz CT molecular complexity index is 792. The number of halogens is 1. The predicted octanol–water partition coefficient (Wildman–Crippen LogP) is 4.99. The molecular formula is C20H22ClN3O2S. The predicted molar refractivity (Wildman–Crippen MR) is 114 cm³/mol. The first-order valence-corrected chi connectivity index (χ1v) is 9.54. The zero-order valence-electron chi connectivity index (χ0n) is 15.0. The van der Waals surface area contributed by atoms with Gasteiger partial charge in [0.1, 0.15) is 0 Å². The van der Waals surface area contributed by atoms with Crippen molar-refractivity contribution in [3.63, 3.8) is 0 Å². The monoisotopic (exact) mass is 403 g/mol. The molecule has 0 aliphatic carbocycles. The van der Waals surface area contributed by atoms with Crippen molar-refractivity contribution in [1.29, 1.82) is 0 Å². The van der Waals surface area contributed by atoms with Crippen LogP contribution in [0.1, 0.15) is 43.0 Å². The van der Waals surface area contributed by atoms with Crippen molar-refractivity contribution in [1.82, 2.24) is 5.32 Å². The first kappa shape index (κ1) is 20.9. The van der Waals surface area contributed by atoms with Gasteiger partial charge in [-0.2, -0.15) is 0 Å². The second-order valence-electron chi connectivity index (χ2n) is 6.00. The van der Waals surface area contributed by atoms with Crippen LogP contribution in [-0.4, -0.2) is 16.9 Å². The highest BCUT2D eigenvalue weighted by Gasteiger charge is 2.08. The largest absolute Gasteiger partial charge is 0.332 e. The molecule has 0 atom stereocenters. The number of hydrogen-bond donors (Lipinski definition) is 3. The number of amides is 2. The molecule has 0 aromatic heterocycles. The van der Waals surface area contributed by atoms with Gasteiger partial charge in [-0.15, -0.1) is 0 Å². The maximum atomic E-state index is 12.1. The van der Waals surface area contributed by atoms with Crippen molar-refractivity contribution >= 4 is 52.1 Å². The van der Waals surface area contributed by atoms with Crippen molar-refractivity contribution in [2.24, 2.45) is 0 Å². The third-order valence-corrected chi connectivity index (χ3v) is 4.22. The summed E-state index contributed by atoms with van der Waals surface area (Å²) in [4.78, 5) is 23.9. The summed E-state index contributed by atoms with van der Waals surface area (Å²) >= 11 is 11.0. The molecule has 0 saturated heterocycles. The number of rotatable bonds is 7. The minimum Gasteiger partial charge on any atom is -0.332 e. The van der Waals surface area contributed by atoms with Crippen LogP contribution in [0.4, 0.5) is 11.4 Å². The van der Waals surface area contributed by atoms with Crippen LogP contribution < -0.4 is 16.0 Å². The van der Waals surface area contributed by atoms with Crippen LogP contribution in [0.25, 0.3) is 0 Å². The SMILES string of the molecule is CCCCCC(=O)Nc1ccc(NC(=S)NC(=O)c2ccc(Cl)cc2)cc1. The maximum absolute atomic E-state index is 12.1. The Labute approximate surface area is 169 Å². The number of carbonyl (C=O) groups is 2. The molecule has 2 aromatic carbocycles. The molecule has 0 aliphatic rings. The van der Waals surface area contributed by atoms with E-state index in [2.05, 4.69) is 22.9 Å². The smallest absolute Gasteiger partial charge is 0.257 e. The molecule has 2 rings (SSSR count). The molecule has 2 amide bonds. The number of carbonyl (C=O) groups excluding carboxylic acids is 2. The third-order valence-electron chi connectivity index (χ3n) is 3.77. The molecule has 2 aromatic rings. The van der Waals surface area contributed by atoms with Gasteiger partial charge in [0.15, 0.2) is 5.11 Å². The van der Waals surface area contributed by atoms with Gasteiger partial charge in [-0.25, -0.2) is 0 Å². The van der Waals surface area contributed by atoms with Gasteiger partial charge in [-0.05, 0) is 67.2 Å². The lowest BCUT2D eigenvalue weighted by molar-refractivity contribution is -0.116. The average Bonchev–Trinajstić information content (AvgIpc) is 2.64. The van der Waals surface area contributed by atoms with Crippen LogP contribution >= 0.6 is 23.8 Å². The Hall–Kier alpha value is -2.44. The number of benzene rings is 2. The Morgan fingerprint density at radius 1 is 0.926 bits per heavy atom. The zero-order valence-corrected chi connectivity index (χ0v) is 16.6. The zero-order chi connectivity index (χ0) is 19.6. The Morgan fingerprint density at radius 3 is 2.11 bits per heavy atom. The molecule has 3 N–H and O–H groups in total. The molecule has 0 radical (unpaired) electrons. The molecular weight excluding hydrogens is 382 g/mol. The fourth-order valence-corrected chi connectivity index (χ4v) is 2.67. The van der Waals surface area contributed by atoms with Gasteiger partial charge < -0.3 is 10.6 Å². The summed E-state index contributed by atoms with van der Waals surface area (Å²) in [6, 6.07) is 13.7. The van der Waals surface area contributed by atoms with Crippen molar-refractivity contribution in [2.45, 2.75) is 32.6 Å². The third kappa shape index (κ3) is 7.37. The summed E-state index contributed by atoms with van der Waals surface area (Å²) in [7, 11) is 0. The summed E-state index contributed by atoms with van der Waals surface area (Å²) in [5, 5.41) is 9.15. The molecule has 0 unspecified atom stereocenters. The Balaban J connectivity index is 1.82. The van der Waals surface area contributed by atoms with Crippen molar-refractivity contribution < 1.29 is 9.59 Å². The molecule has 0 heterocycles. The van der Waals surface area contributed by atoms with Crippen molar-refractivity contribution in [3.8, 4) is 0 Å². The number of unbranched alkanes of at least 4 members (excludes halogenated alkanes) is 2. The van der Waals surface area contributed by atoms with Gasteiger partial charge in [-0.1, -0.05) is 31.4 Å². The lowest BCUT2D eigenvalue weighted by Crippen LogP contribution is -2.34. The van der Waals surface area contributed by atoms with Gasteiger partial charge >= 0.3 is 0 Å². The highest BCUT2D eigenvalue weighted by Crippen LogP contribution is 2.14. The number of hydrogen-bond acceptors (Lipinski definition) is 3. The van der Waals surface area contributed by atoms with Crippen molar-refractivity contribution in [3.05, 3.63) is 59.1 Å². The molecule has 0 aliphatic heterocycles. The highest BCUT2D eigenvalue weighted by molar-refractivity contribution is 7.80. The summed E-state index contributed by atoms with van der Waals surface area (Å²) < 4.78 is 0. The van der Waals surface area contributed by atoms with E-state index >= 15 is 0 Å². The number of thiocarbonyl (C=S) groups is 1. The van der Waals surface area contributed by atoms with E-state index in [1.807, 2.05) is 0 Å². The molecule has 142 valence electrons. The minimum absolute atomic E-state index is 0.00917. The van der Waals surface area contributed by atoms with Crippen LogP contribution in [0.2, 0.25) is 5.02 Å². The van der Waals surface area contributed by atoms with Crippen LogP contribution in [-0.2, 0) is 4.79 Å². The lowest BCUT2D eigenvalue weighted by Gasteiger charge is -2.11. The standard InChI is InChI=1S/C20H22ClN3O2S/c1-2-3-4-5-18(25)22-16-10-12-17(13-11-16)23-20(27)24-19(26)14-6-8-15(21)9-7-14/h6-13H,2-5H2,1H3,(H,22,25)(H2,23,24,26,27). The Morgan fingerprint density at radius 2 is 1.52 bits per heavy atom. The topological polar surface area (TPSA) is 70.2 Å². The van der Waals surface area contributed by atoms with E-state index in [0.717, 1.165) is 24.9 Å². The van der Waals surface area contributed by atoms with E-state index in [9.17, 15) is 9.59 Å². The number of nitrogens with one attached hydrogen (secondary N) is 3. The molecule has 0 bridgehead atoms. The van der Waals surface area contributed by atoms with E-state index in [0.29, 0.717) is 22.7 Å². The number of anilines is 2. The quantitative estimate of drug-likeness (QED) is 0.450. The molecule has 27 heavy (non-hydrogen) atoms. The van der Waals surface area contributed by atoms with Gasteiger partial charge in [-0.3, -0.25) is 14.9 Å². The van der Waals surface area contributed by atoms with Gasteiger partial charge in [0, 0.05) is 28.4 Å². The minimum atomic E-state index is -0.319. The average molecular weight is 404 g/mol. The van der Waals surface area contributed by atoms with E-state index < -0.39 is 0 Å². The Kier molecular flexibility index (Phi) is 8.23. The van der Waals surface area contributed by atoms with E-state index in [1.54, 1.807) is 48.5 Å². The molecule has 0 saturated carbocycles. The maximum Gasteiger partial charge on any atom is 0.257 e. The molecule has 5 nitrogen and oxygen atoms in total.